The van der Waals surface area contributed by atoms with E-state index in [9.17, 15) is 15.2 Å². The van der Waals surface area contributed by atoms with Crippen molar-refractivity contribution in [2.45, 2.75) is 19.6 Å². The van der Waals surface area contributed by atoms with Crippen molar-refractivity contribution in [3.63, 3.8) is 0 Å². The Morgan fingerprint density at radius 3 is 2.89 bits per heavy atom. The van der Waals surface area contributed by atoms with E-state index < -0.39 is 11.0 Å². The van der Waals surface area contributed by atoms with Gasteiger partial charge in [0, 0.05) is 25.9 Å². The molecule has 0 aliphatic heterocycles. The molecule has 104 valence electrons. The van der Waals surface area contributed by atoms with E-state index in [1.807, 2.05) is 0 Å². The van der Waals surface area contributed by atoms with Crippen LogP contribution in [0, 0.1) is 17.0 Å². The highest BCUT2D eigenvalue weighted by atomic mass is 35.5. The second-order valence-corrected chi connectivity index (χ2v) is 3.98. The second-order valence-electron chi connectivity index (χ2n) is 3.60. The van der Waals surface area contributed by atoms with Crippen molar-refractivity contribution in [3.8, 4) is 0 Å². The molecule has 1 aromatic heterocycles. The summed E-state index contributed by atoms with van der Waals surface area (Å²) in [7, 11) is 0. The van der Waals surface area contributed by atoms with Crippen LogP contribution in [0.5, 0.6) is 0 Å². The zero-order valence-corrected chi connectivity index (χ0v) is 11.4. The molecule has 1 heterocycles. The third-order valence-corrected chi connectivity index (χ3v) is 2.40. The molecule has 0 aliphatic carbocycles. The minimum absolute atomic E-state index is 0. The second kappa shape index (κ2) is 8.25. The van der Waals surface area contributed by atoms with Crippen LogP contribution in [-0.2, 0) is 6.54 Å². The Morgan fingerprint density at radius 2 is 2.39 bits per heavy atom. The first-order valence-electron chi connectivity index (χ1n) is 5.17. The Bertz CT molecular complexity index is 386. The molecule has 18 heavy (non-hydrogen) atoms. The van der Waals surface area contributed by atoms with Crippen molar-refractivity contribution < 1.29 is 10.0 Å². The van der Waals surface area contributed by atoms with E-state index in [2.05, 4.69) is 10.3 Å². The zero-order valence-electron chi connectivity index (χ0n) is 9.87. The first-order chi connectivity index (χ1) is 8.04. The highest BCUT2D eigenvalue weighted by molar-refractivity contribution is 6.18. The molecule has 9 heteroatoms. The normalized spacial score (nSPS) is 11.9. The molecule has 1 rings (SSSR count). The lowest BCUT2D eigenvalue weighted by Gasteiger charge is -2.11. The standard InChI is InChI=1S/C9H15ClN4O3.ClH/c1-7-12-9(14(16)17)6-13(7)5-8(15)4-11-3-2-10;/h6,8,11,15H,2-5H2,1H3;1H. The Hall–Kier alpha value is -0.890. The van der Waals surface area contributed by atoms with Gasteiger partial charge in [-0.3, -0.25) is 0 Å². The zero-order chi connectivity index (χ0) is 12.8. The number of nitro groups is 1. The van der Waals surface area contributed by atoms with Gasteiger partial charge in [0.1, 0.15) is 6.20 Å². The Morgan fingerprint density at radius 1 is 1.72 bits per heavy atom. The van der Waals surface area contributed by atoms with E-state index in [0.29, 0.717) is 24.8 Å². The predicted octanol–water partition coefficient (Wildman–Crippen LogP) is 0.711. The molecule has 7 nitrogen and oxygen atoms in total. The van der Waals surface area contributed by atoms with Gasteiger partial charge in [-0.05, 0) is 9.91 Å². The monoisotopic (exact) mass is 298 g/mol. The number of imidazole rings is 1. The summed E-state index contributed by atoms with van der Waals surface area (Å²) >= 11 is 5.47. The largest absolute Gasteiger partial charge is 0.390 e. The average Bonchev–Trinajstić information content (AvgIpc) is 2.61. The number of alkyl halides is 1. The topological polar surface area (TPSA) is 93.2 Å². The summed E-state index contributed by atoms with van der Waals surface area (Å²) in [6, 6.07) is 0. The van der Waals surface area contributed by atoms with Gasteiger partial charge >= 0.3 is 5.82 Å². The first-order valence-corrected chi connectivity index (χ1v) is 5.71. The number of halogens is 2. The lowest BCUT2D eigenvalue weighted by Crippen LogP contribution is -2.31. The third-order valence-electron chi connectivity index (χ3n) is 2.21. The van der Waals surface area contributed by atoms with Crippen LogP contribution < -0.4 is 5.32 Å². The number of aliphatic hydroxyl groups excluding tert-OH is 1. The molecule has 0 aliphatic rings. The molecule has 0 fully saturated rings. The van der Waals surface area contributed by atoms with Crippen LogP contribution in [0.25, 0.3) is 0 Å². The quantitative estimate of drug-likeness (QED) is 0.335. The fraction of sp³-hybridized carbons (Fsp3) is 0.667. The van der Waals surface area contributed by atoms with Gasteiger partial charge in [-0.1, -0.05) is 0 Å². The van der Waals surface area contributed by atoms with Crippen LogP contribution in [0.3, 0.4) is 0 Å². The van der Waals surface area contributed by atoms with E-state index in [0.717, 1.165) is 0 Å². The summed E-state index contributed by atoms with van der Waals surface area (Å²) in [4.78, 5) is 13.7. The van der Waals surface area contributed by atoms with Gasteiger partial charge < -0.3 is 25.1 Å². The van der Waals surface area contributed by atoms with Crippen LogP contribution in [-0.4, -0.2) is 44.7 Å². The molecule has 0 saturated carbocycles. The molecular formula is C9H16Cl2N4O3. The number of nitrogens with zero attached hydrogens (tertiary/aromatic N) is 3. The van der Waals surface area contributed by atoms with Crippen molar-refractivity contribution in [3.05, 3.63) is 22.1 Å². The van der Waals surface area contributed by atoms with E-state index in [1.54, 1.807) is 11.5 Å². The molecule has 0 aromatic carbocycles. The molecular weight excluding hydrogens is 283 g/mol. The lowest BCUT2D eigenvalue weighted by molar-refractivity contribution is -0.389. The summed E-state index contributed by atoms with van der Waals surface area (Å²) in [5, 5.41) is 23.1. The van der Waals surface area contributed by atoms with Gasteiger partial charge in [0.25, 0.3) is 0 Å². The molecule has 0 amide bonds. The summed E-state index contributed by atoms with van der Waals surface area (Å²) in [5.41, 5.74) is 0. The van der Waals surface area contributed by atoms with Gasteiger partial charge in [0.2, 0.25) is 5.82 Å². The maximum Gasteiger partial charge on any atom is 0.381 e. The number of aryl methyl sites for hydroxylation is 1. The average molecular weight is 299 g/mol. The van der Waals surface area contributed by atoms with Crippen molar-refractivity contribution >= 4 is 29.8 Å². The van der Waals surface area contributed by atoms with Crippen molar-refractivity contribution in [1.29, 1.82) is 0 Å². The molecule has 1 atom stereocenters. The molecule has 0 saturated heterocycles. The highest BCUT2D eigenvalue weighted by Gasteiger charge is 2.16. The van der Waals surface area contributed by atoms with Crippen LogP contribution in [0.15, 0.2) is 6.20 Å². The fourth-order valence-electron chi connectivity index (χ4n) is 1.39. The van der Waals surface area contributed by atoms with Gasteiger partial charge in [-0.2, -0.15) is 0 Å². The molecule has 1 aromatic rings. The summed E-state index contributed by atoms with van der Waals surface area (Å²) in [5.74, 6) is 0.777. The summed E-state index contributed by atoms with van der Waals surface area (Å²) in [6.45, 7) is 2.92. The van der Waals surface area contributed by atoms with Crippen LogP contribution in [0.1, 0.15) is 5.82 Å². The van der Waals surface area contributed by atoms with E-state index >= 15 is 0 Å². The van der Waals surface area contributed by atoms with E-state index in [1.165, 1.54) is 6.20 Å². The number of rotatable bonds is 7. The Labute approximate surface area is 116 Å². The highest BCUT2D eigenvalue weighted by Crippen LogP contribution is 2.10. The SMILES string of the molecule is Cc1nc([N+](=O)[O-])cn1CC(O)CNCCCl.Cl. The molecule has 0 radical (unpaired) electrons. The number of aromatic nitrogens is 2. The summed E-state index contributed by atoms with van der Waals surface area (Å²) < 4.78 is 1.56. The Kier molecular flexibility index (Phi) is 7.85. The van der Waals surface area contributed by atoms with Crippen LogP contribution in [0.2, 0.25) is 0 Å². The number of nitrogens with one attached hydrogen (secondary N) is 1. The Balaban J connectivity index is 0.00000289. The number of hydrogen-bond donors (Lipinski definition) is 2. The maximum absolute atomic E-state index is 10.5. The predicted molar refractivity (Wildman–Crippen MR) is 70.5 cm³/mol. The number of aliphatic hydroxyl groups is 1. The number of hydrogen-bond acceptors (Lipinski definition) is 5. The van der Waals surface area contributed by atoms with Gasteiger partial charge in [0.05, 0.1) is 12.6 Å². The maximum atomic E-state index is 10.5. The lowest BCUT2D eigenvalue weighted by atomic mass is 10.3. The third kappa shape index (κ3) is 5.18. The van der Waals surface area contributed by atoms with Crippen LogP contribution >= 0.6 is 24.0 Å². The van der Waals surface area contributed by atoms with Crippen molar-refractivity contribution in [1.82, 2.24) is 14.9 Å². The minimum Gasteiger partial charge on any atom is -0.390 e. The van der Waals surface area contributed by atoms with E-state index in [-0.39, 0.29) is 24.8 Å². The van der Waals surface area contributed by atoms with Crippen molar-refractivity contribution in [2.24, 2.45) is 0 Å². The smallest absolute Gasteiger partial charge is 0.381 e. The summed E-state index contributed by atoms with van der Waals surface area (Å²) in [6.07, 6.45) is 0.686. The minimum atomic E-state index is -0.634. The molecule has 0 bridgehead atoms. The van der Waals surface area contributed by atoms with Gasteiger partial charge in [-0.25, -0.2) is 0 Å². The fourth-order valence-corrected chi connectivity index (χ4v) is 1.53. The van der Waals surface area contributed by atoms with E-state index in [4.69, 9.17) is 11.6 Å². The molecule has 0 spiro atoms. The van der Waals surface area contributed by atoms with Gasteiger partial charge in [-0.15, -0.1) is 24.0 Å². The molecule has 2 N–H and O–H groups in total. The first kappa shape index (κ1) is 17.1. The van der Waals surface area contributed by atoms with Gasteiger partial charge in [0.15, 0.2) is 0 Å². The molecule has 1 unspecified atom stereocenters. The van der Waals surface area contributed by atoms with Crippen molar-refractivity contribution in [2.75, 3.05) is 19.0 Å². The van der Waals surface area contributed by atoms with Crippen LogP contribution in [0.4, 0.5) is 5.82 Å².